The maximum absolute atomic E-state index is 10.8. The minimum atomic E-state index is -1.17. The molecule has 0 saturated carbocycles. The molecule has 3 N–H and O–H groups in total. The zero-order valence-corrected chi connectivity index (χ0v) is 10.6. The predicted molar refractivity (Wildman–Crippen MR) is 69.2 cm³/mol. The highest BCUT2D eigenvalue weighted by Gasteiger charge is 2.14. The first kappa shape index (κ1) is 12.7. The Morgan fingerprint density at radius 2 is 2.00 bits per heavy atom. The van der Waals surface area contributed by atoms with Gasteiger partial charge in [0, 0.05) is 21.8 Å². The number of carboxylic acids is 1. The zero-order valence-electron chi connectivity index (χ0n) is 9.10. The lowest BCUT2D eigenvalue weighted by molar-refractivity contribution is 0.0690. The molecule has 0 amide bonds. The van der Waals surface area contributed by atoms with E-state index >= 15 is 0 Å². The normalized spacial score (nSPS) is 10.6. The Morgan fingerprint density at radius 1 is 1.39 bits per heavy atom. The van der Waals surface area contributed by atoms with Crippen LogP contribution in [-0.4, -0.2) is 20.9 Å². The van der Waals surface area contributed by atoms with Crippen molar-refractivity contribution < 1.29 is 9.90 Å². The molecule has 0 saturated heterocycles. The molecule has 0 aliphatic rings. The molecule has 7 heteroatoms. The van der Waals surface area contributed by atoms with Crippen molar-refractivity contribution in [1.29, 1.82) is 0 Å². The highest BCUT2D eigenvalue weighted by Crippen LogP contribution is 2.25. The number of anilines is 1. The molecular formula is C11H9Cl2N3O2. The summed E-state index contributed by atoms with van der Waals surface area (Å²) >= 11 is 12.0. The van der Waals surface area contributed by atoms with Crippen LogP contribution in [0.15, 0.2) is 24.4 Å². The third-order valence-corrected chi connectivity index (χ3v) is 3.08. The third-order valence-electron chi connectivity index (χ3n) is 2.37. The SMILES string of the molecule is Nc1cn(Cc2c(Cl)cccc2Cl)nc1C(=O)O. The van der Waals surface area contributed by atoms with E-state index in [1.807, 2.05) is 0 Å². The molecule has 94 valence electrons. The average Bonchev–Trinajstić information content (AvgIpc) is 2.65. The number of rotatable bonds is 3. The molecule has 0 spiro atoms. The number of nitrogens with zero attached hydrogens (tertiary/aromatic N) is 2. The Hall–Kier alpha value is -1.72. The summed E-state index contributed by atoms with van der Waals surface area (Å²) in [5.74, 6) is -1.17. The van der Waals surface area contributed by atoms with Gasteiger partial charge >= 0.3 is 5.97 Å². The summed E-state index contributed by atoms with van der Waals surface area (Å²) in [6.45, 7) is 0.260. The summed E-state index contributed by atoms with van der Waals surface area (Å²) in [6, 6.07) is 5.13. The number of carbonyl (C=O) groups is 1. The van der Waals surface area contributed by atoms with Crippen molar-refractivity contribution in [3.63, 3.8) is 0 Å². The van der Waals surface area contributed by atoms with E-state index in [9.17, 15) is 4.79 Å². The zero-order chi connectivity index (χ0) is 13.3. The number of carboxylic acid groups (broad SMARTS) is 1. The number of nitrogens with two attached hydrogens (primary N) is 1. The lowest BCUT2D eigenvalue weighted by Crippen LogP contribution is -2.05. The number of benzene rings is 1. The number of hydrogen-bond donors (Lipinski definition) is 2. The van der Waals surface area contributed by atoms with Crippen LogP contribution in [0.5, 0.6) is 0 Å². The predicted octanol–water partition coefficient (Wildman–Crippen LogP) is 2.52. The van der Waals surface area contributed by atoms with Crippen molar-refractivity contribution in [3.05, 3.63) is 45.7 Å². The number of aromatic nitrogens is 2. The Balaban J connectivity index is 2.35. The van der Waals surface area contributed by atoms with Crippen molar-refractivity contribution in [2.45, 2.75) is 6.54 Å². The number of aromatic carboxylic acids is 1. The standard InChI is InChI=1S/C11H9Cl2N3O2/c12-7-2-1-3-8(13)6(7)4-16-5-9(14)10(15-16)11(17)18/h1-3,5H,4,14H2,(H,17,18). The van der Waals surface area contributed by atoms with Crippen LogP contribution in [0.4, 0.5) is 5.69 Å². The molecule has 1 aromatic carbocycles. The van der Waals surface area contributed by atoms with E-state index in [0.29, 0.717) is 15.6 Å². The Kier molecular flexibility index (Phi) is 3.45. The number of nitrogen functional groups attached to an aromatic ring is 1. The molecule has 2 aromatic rings. The highest BCUT2D eigenvalue weighted by atomic mass is 35.5. The molecule has 5 nitrogen and oxygen atoms in total. The molecule has 2 rings (SSSR count). The third kappa shape index (κ3) is 2.42. The highest BCUT2D eigenvalue weighted by molar-refractivity contribution is 6.35. The Labute approximate surface area is 113 Å². The molecule has 0 fully saturated rings. The molecule has 0 aliphatic heterocycles. The molecule has 1 heterocycles. The van der Waals surface area contributed by atoms with E-state index in [4.69, 9.17) is 34.0 Å². The second kappa shape index (κ2) is 4.88. The van der Waals surface area contributed by atoms with E-state index in [-0.39, 0.29) is 17.9 Å². The second-order valence-corrected chi connectivity index (χ2v) is 4.45. The van der Waals surface area contributed by atoms with Crippen LogP contribution in [0.1, 0.15) is 16.1 Å². The van der Waals surface area contributed by atoms with Gasteiger partial charge in [-0.2, -0.15) is 5.10 Å². The summed E-state index contributed by atoms with van der Waals surface area (Å²) in [5, 5.41) is 13.7. The van der Waals surface area contributed by atoms with Crippen molar-refractivity contribution in [3.8, 4) is 0 Å². The maximum atomic E-state index is 10.8. The first-order valence-electron chi connectivity index (χ1n) is 4.98. The fraction of sp³-hybridized carbons (Fsp3) is 0.0909. The van der Waals surface area contributed by atoms with Crippen LogP contribution in [0.3, 0.4) is 0 Å². The molecule has 18 heavy (non-hydrogen) atoms. The van der Waals surface area contributed by atoms with Crippen LogP contribution in [-0.2, 0) is 6.54 Å². The number of hydrogen-bond acceptors (Lipinski definition) is 3. The van der Waals surface area contributed by atoms with Gasteiger partial charge in [-0.05, 0) is 12.1 Å². The van der Waals surface area contributed by atoms with Crippen molar-refractivity contribution >= 4 is 34.9 Å². The molecule has 0 aliphatic carbocycles. The summed E-state index contributed by atoms with van der Waals surface area (Å²) in [5.41, 5.74) is 6.13. The topological polar surface area (TPSA) is 81.1 Å². The lowest BCUT2D eigenvalue weighted by atomic mass is 10.2. The smallest absolute Gasteiger partial charge is 0.358 e. The van der Waals surface area contributed by atoms with Gasteiger partial charge in [-0.15, -0.1) is 0 Å². The molecule has 0 radical (unpaired) electrons. The van der Waals surface area contributed by atoms with Gasteiger partial charge in [0.25, 0.3) is 0 Å². The largest absolute Gasteiger partial charge is 0.476 e. The van der Waals surface area contributed by atoms with Crippen LogP contribution < -0.4 is 5.73 Å². The molecule has 0 atom stereocenters. The van der Waals surface area contributed by atoms with E-state index in [2.05, 4.69) is 5.10 Å². The quantitative estimate of drug-likeness (QED) is 0.908. The van der Waals surface area contributed by atoms with E-state index in [1.165, 1.54) is 10.9 Å². The molecule has 0 unspecified atom stereocenters. The van der Waals surface area contributed by atoms with Crippen molar-refractivity contribution in [1.82, 2.24) is 9.78 Å². The Bertz CT molecular complexity index is 590. The number of halogens is 2. The summed E-state index contributed by atoms with van der Waals surface area (Å²) in [7, 11) is 0. The lowest BCUT2D eigenvalue weighted by Gasteiger charge is -2.06. The van der Waals surface area contributed by atoms with Gasteiger partial charge in [-0.25, -0.2) is 4.79 Å². The van der Waals surface area contributed by atoms with Gasteiger partial charge in [0.15, 0.2) is 5.69 Å². The monoisotopic (exact) mass is 285 g/mol. The van der Waals surface area contributed by atoms with Gasteiger partial charge in [-0.3, -0.25) is 4.68 Å². The fourth-order valence-corrected chi connectivity index (χ4v) is 2.05. The van der Waals surface area contributed by atoms with E-state index in [0.717, 1.165) is 0 Å². The van der Waals surface area contributed by atoms with Gasteiger partial charge in [0.1, 0.15) is 0 Å². The van der Waals surface area contributed by atoms with Gasteiger partial charge in [-0.1, -0.05) is 29.3 Å². The van der Waals surface area contributed by atoms with E-state index < -0.39 is 5.97 Å². The first-order valence-corrected chi connectivity index (χ1v) is 5.73. The molecular weight excluding hydrogens is 277 g/mol. The average molecular weight is 286 g/mol. The minimum Gasteiger partial charge on any atom is -0.476 e. The van der Waals surface area contributed by atoms with Crippen LogP contribution in [0.2, 0.25) is 10.0 Å². The first-order chi connectivity index (χ1) is 8.49. The molecule has 1 aromatic heterocycles. The van der Waals surface area contributed by atoms with Crippen LogP contribution >= 0.6 is 23.2 Å². The minimum absolute atomic E-state index is 0.102. The second-order valence-electron chi connectivity index (χ2n) is 3.64. The van der Waals surface area contributed by atoms with Crippen LogP contribution in [0, 0.1) is 0 Å². The maximum Gasteiger partial charge on any atom is 0.358 e. The fourth-order valence-electron chi connectivity index (χ4n) is 1.53. The summed E-state index contributed by atoms with van der Waals surface area (Å²) in [6.07, 6.45) is 1.43. The van der Waals surface area contributed by atoms with E-state index in [1.54, 1.807) is 18.2 Å². The van der Waals surface area contributed by atoms with Crippen LogP contribution in [0.25, 0.3) is 0 Å². The van der Waals surface area contributed by atoms with Gasteiger partial charge in [0.2, 0.25) is 0 Å². The Morgan fingerprint density at radius 3 is 2.50 bits per heavy atom. The van der Waals surface area contributed by atoms with Gasteiger partial charge < -0.3 is 10.8 Å². The van der Waals surface area contributed by atoms with Crippen molar-refractivity contribution in [2.24, 2.45) is 0 Å². The van der Waals surface area contributed by atoms with Gasteiger partial charge in [0.05, 0.1) is 12.2 Å². The molecule has 0 bridgehead atoms. The van der Waals surface area contributed by atoms with Crippen molar-refractivity contribution in [2.75, 3.05) is 5.73 Å². The summed E-state index contributed by atoms with van der Waals surface area (Å²) in [4.78, 5) is 10.8. The summed E-state index contributed by atoms with van der Waals surface area (Å²) < 4.78 is 1.39.